The third-order valence-corrected chi connectivity index (χ3v) is 12.9. The highest BCUT2D eigenvalue weighted by molar-refractivity contribution is 6.01. The number of carbonyl (C=O) groups excluding carboxylic acids is 2. The van der Waals surface area contributed by atoms with Crippen molar-refractivity contribution < 1.29 is 23.5 Å². The van der Waals surface area contributed by atoms with Crippen molar-refractivity contribution in [2.75, 3.05) is 74.7 Å². The maximum Gasteiger partial charge on any atom is 0.249 e. The lowest BCUT2D eigenvalue weighted by Crippen LogP contribution is -2.63. The molecule has 0 spiro atoms. The summed E-state index contributed by atoms with van der Waals surface area (Å²) in [6.07, 6.45) is 13.8. The van der Waals surface area contributed by atoms with E-state index in [9.17, 15) is 14.9 Å². The van der Waals surface area contributed by atoms with E-state index in [2.05, 4.69) is 52.7 Å². The number of amides is 2. The molecule has 5 aliphatic rings. The molecule has 17 nitrogen and oxygen atoms in total. The van der Waals surface area contributed by atoms with Crippen molar-refractivity contribution in [3.05, 3.63) is 66.6 Å². The third-order valence-electron chi connectivity index (χ3n) is 12.9. The van der Waals surface area contributed by atoms with Crippen LogP contribution in [0.5, 0.6) is 5.75 Å². The number of anilines is 3. The van der Waals surface area contributed by atoms with Gasteiger partial charge in [0.15, 0.2) is 0 Å². The number of nitriles is 1. The molecule has 1 saturated carbocycles. The van der Waals surface area contributed by atoms with Gasteiger partial charge in [0.25, 0.3) is 0 Å². The Kier molecular flexibility index (Phi) is 10.5. The topological polar surface area (TPSA) is 183 Å². The highest BCUT2D eigenvalue weighted by Gasteiger charge is 2.33. The molecule has 0 radical (unpaired) electrons. The zero-order chi connectivity index (χ0) is 41.6. The van der Waals surface area contributed by atoms with Crippen LogP contribution in [0.3, 0.4) is 0 Å². The molecule has 316 valence electrons. The molecule has 3 N–H and O–H groups in total. The van der Waals surface area contributed by atoms with Crippen molar-refractivity contribution >= 4 is 34.5 Å². The van der Waals surface area contributed by atoms with E-state index in [0.717, 1.165) is 68.8 Å². The lowest BCUT2D eigenvalue weighted by atomic mass is 9.90. The third kappa shape index (κ3) is 7.73. The van der Waals surface area contributed by atoms with Crippen molar-refractivity contribution in [2.45, 2.75) is 68.7 Å². The van der Waals surface area contributed by atoms with Crippen LogP contribution >= 0.6 is 0 Å². The summed E-state index contributed by atoms with van der Waals surface area (Å²) in [5.41, 5.74) is 4.98. The van der Waals surface area contributed by atoms with E-state index in [1.165, 1.54) is 13.2 Å². The van der Waals surface area contributed by atoms with E-state index < -0.39 is 11.9 Å². The van der Waals surface area contributed by atoms with Gasteiger partial charge in [0.05, 0.1) is 67.7 Å². The molecule has 61 heavy (non-hydrogen) atoms. The van der Waals surface area contributed by atoms with Crippen molar-refractivity contribution in [1.82, 2.24) is 44.9 Å². The van der Waals surface area contributed by atoms with Crippen LogP contribution in [0.25, 0.3) is 28.0 Å². The van der Waals surface area contributed by atoms with E-state index >= 15 is 4.39 Å². The molecule has 8 heterocycles. The molecule has 2 bridgehead atoms. The number of pyridine rings is 1. The number of hydrogen-bond donors (Lipinski definition) is 3. The number of hydrogen-bond acceptors (Lipinski definition) is 14. The number of morpholine rings is 1. The maximum atomic E-state index is 15.6. The lowest BCUT2D eigenvalue weighted by Gasteiger charge is -2.42. The Morgan fingerprint density at radius 1 is 0.918 bits per heavy atom. The SMILES string of the molecule is COc1cc(N2CCN(C3CCC(n4cc(-c5cn6ncc(C#N)c6c(-c6ccc(N7C[C@H]8COC[C@@H](C7)N8)nc6)n5)cn4)CC3)CC2)c(F)cc1NC1CCC(=O)NC1=O. The highest BCUT2D eigenvalue weighted by Crippen LogP contribution is 2.37. The van der Waals surface area contributed by atoms with Crippen LogP contribution in [-0.4, -0.2) is 130 Å². The fraction of sp³-hybridized carbons (Fsp3) is 0.465. The summed E-state index contributed by atoms with van der Waals surface area (Å²) in [6.45, 7) is 6.06. The van der Waals surface area contributed by atoms with Gasteiger partial charge in [0.2, 0.25) is 11.8 Å². The van der Waals surface area contributed by atoms with Crippen LogP contribution in [0.2, 0.25) is 0 Å². The Labute approximate surface area is 351 Å². The van der Waals surface area contributed by atoms with Crippen molar-refractivity contribution in [3.8, 4) is 34.3 Å². The number of imide groups is 1. The molecule has 1 aliphatic carbocycles. The van der Waals surface area contributed by atoms with Crippen LogP contribution in [-0.2, 0) is 14.3 Å². The van der Waals surface area contributed by atoms with Crippen LogP contribution < -0.4 is 30.5 Å². The average molecular weight is 830 g/mol. The van der Waals surface area contributed by atoms with E-state index in [1.807, 2.05) is 30.7 Å². The molecule has 10 rings (SSSR count). The van der Waals surface area contributed by atoms with E-state index in [0.29, 0.717) is 78.4 Å². The largest absolute Gasteiger partial charge is 0.495 e. The van der Waals surface area contributed by atoms with Gasteiger partial charge < -0.3 is 29.9 Å². The fourth-order valence-corrected chi connectivity index (χ4v) is 9.71. The average Bonchev–Trinajstić information content (AvgIpc) is 3.96. The minimum absolute atomic E-state index is 0.224. The van der Waals surface area contributed by atoms with Crippen molar-refractivity contribution in [3.63, 3.8) is 0 Å². The molecule has 4 saturated heterocycles. The smallest absolute Gasteiger partial charge is 0.249 e. The molecule has 5 aromatic rings. The molecule has 3 atom stereocenters. The number of aromatic nitrogens is 6. The van der Waals surface area contributed by atoms with Gasteiger partial charge in [-0.25, -0.2) is 18.9 Å². The first kappa shape index (κ1) is 39.0. The molecule has 1 aromatic carbocycles. The predicted octanol–water partition coefficient (Wildman–Crippen LogP) is 3.37. The number of halogens is 1. The Morgan fingerprint density at radius 2 is 1.70 bits per heavy atom. The Hall–Kier alpha value is -6.16. The van der Waals surface area contributed by atoms with Gasteiger partial charge in [-0.3, -0.25) is 24.5 Å². The molecular formula is C43H48FN13O4. The summed E-state index contributed by atoms with van der Waals surface area (Å²) >= 11 is 0. The molecular weight excluding hydrogens is 782 g/mol. The molecule has 5 fully saturated rings. The van der Waals surface area contributed by atoms with Crippen LogP contribution in [0.1, 0.15) is 50.1 Å². The van der Waals surface area contributed by atoms with Gasteiger partial charge in [0.1, 0.15) is 40.6 Å². The first-order valence-electron chi connectivity index (χ1n) is 21.1. The first-order valence-corrected chi connectivity index (χ1v) is 21.1. The number of ether oxygens (including phenoxy) is 2. The maximum absolute atomic E-state index is 15.6. The summed E-state index contributed by atoms with van der Waals surface area (Å²) in [4.78, 5) is 40.7. The van der Waals surface area contributed by atoms with E-state index in [-0.39, 0.29) is 36.3 Å². The number of methoxy groups -OCH3 is 1. The summed E-state index contributed by atoms with van der Waals surface area (Å²) in [7, 11) is 1.52. The number of piperazine rings is 2. The molecule has 4 aliphatic heterocycles. The quantitative estimate of drug-likeness (QED) is 0.184. The zero-order valence-corrected chi connectivity index (χ0v) is 34.0. The number of fused-ring (bicyclic) bond motifs is 3. The first-order chi connectivity index (χ1) is 29.8. The molecule has 18 heteroatoms. The minimum Gasteiger partial charge on any atom is -0.495 e. The number of nitrogens with one attached hydrogen (secondary N) is 3. The summed E-state index contributed by atoms with van der Waals surface area (Å²) in [6, 6.07) is 10.0. The summed E-state index contributed by atoms with van der Waals surface area (Å²) < 4.78 is 30.7. The minimum atomic E-state index is -0.639. The fourth-order valence-electron chi connectivity index (χ4n) is 9.71. The molecule has 1 unspecified atom stereocenters. The monoisotopic (exact) mass is 829 g/mol. The van der Waals surface area contributed by atoms with Gasteiger partial charge in [-0.15, -0.1) is 0 Å². The number of carbonyl (C=O) groups is 2. The van der Waals surface area contributed by atoms with Gasteiger partial charge in [-0.1, -0.05) is 0 Å². The summed E-state index contributed by atoms with van der Waals surface area (Å²) in [5.74, 6) is 0.238. The van der Waals surface area contributed by atoms with Gasteiger partial charge in [-0.2, -0.15) is 15.5 Å². The normalized spacial score (nSPS) is 24.7. The second-order valence-corrected chi connectivity index (χ2v) is 16.7. The molecule has 2 amide bonds. The number of piperidine rings is 1. The number of rotatable bonds is 9. The zero-order valence-electron chi connectivity index (χ0n) is 34.0. The highest BCUT2D eigenvalue weighted by atomic mass is 19.1. The lowest BCUT2D eigenvalue weighted by molar-refractivity contribution is -0.133. The van der Waals surface area contributed by atoms with Crippen LogP contribution in [0.4, 0.5) is 21.6 Å². The Morgan fingerprint density at radius 3 is 2.43 bits per heavy atom. The van der Waals surface area contributed by atoms with Crippen LogP contribution in [0, 0.1) is 17.1 Å². The van der Waals surface area contributed by atoms with Gasteiger partial charge >= 0.3 is 0 Å². The van der Waals surface area contributed by atoms with Crippen molar-refractivity contribution in [1.29, 1.82) is 5.26 Å². The predicted molar refractivity (Wildman–Crippen MR) is 224 cm³/mol. The Balaban J connectivity index is 0.777. The van der Waals surface area contributed by atoms with E-state index in [4.69, 9.17) is 24.5 Å². The van der Waals surface area contributed by atoms with Crippen LogP contribution in [0.15, 0.2) is 55.2 Å². The second-order valence-electron chi connectivity index (χ2n) is 16.7. The van der Waals surface area contributed by atoms with Gasteiger partial charge in [0, 0.05) is 99.5 Å². The van der Waals surface area contributed by atoms with Crippen molar-refractivity contribution in [2.24, 2.45) is 0 Å². The second kappa shape index (κ2) is 16.4. The Bertz CT molecular complexity index is 2470. The van der Waals surface area contributed by atoms with Gasteiger partial charge in [-0.05, 0) is 44.2 Å². The van der Waals surface area contributed by atoms with E-state index in [1.54, 1.807) is 16.8 Å². The number of benzene rings is 1. The summed E-state index contributed by atoms with van der Waals surface area (Å²) in [5, 5.41) is 28.3. The molecule has 4 aromatic heterocycles. The number of nitrogens with zero attached hydrogens (tertiary/aromatic N) is 10. The standard InChI is InChI=1S/C43H48FN13O4/c1-60-38-15-37(33(44)14-35(38)50-34-7-9-40(58)52-43(34)59)54-12-10-53(11-13-54)31-3-5-32(6-4-31)56-20-28(19-47-56)36-23-57-42(27(16-45)18-48-57)41(51-36)26-2-8-39(46-17-26)55-21-29-24-61-25-30(22-55)49-29/h2,8,14-15,17-20,23,29-32,34,49-50H,3-7,9-13,21-22,24-25H2,1H3,(H,52,58,59)/t29-,30+,31?,32?,34?.